The Morgan fingerprint density at radius 3 is 1.80 bits per heavy atom. The molecule has 2 radical (unpaired) electrons. The Hall–Kier alpha value is 0.719. The summed E-state index contributed by atoms with van der Waals surface area (Å²) >= 11 is -0.0749. The summed E-state index contributed by atoms with van der Waals surface area (Å²) in [7, 11) is 0. The van der Waals surface area contributed by atoms with E-state index in [9.17, 15) is 0 Å². The molecule has 0 rings (SSSR count). The normalized spacial score (nSPS) is 11.4. The van der Waals surface area contributed by atoms with E-state index in [-0.39, 0.29) is 27.4 Å². The second kappa shape index (κ2) is 17.8. The molecule has 0 aliphatic carbocycles. The van der Waals surface area contributed by atoms with Crippen LogP contribution in [0.25, 0.3) is 0 Å². The van der Waals surface area contributed by atoms with Crippen molar-refractivity contribution in [2.45, 2.75) is 93.7 Å². The van der Waals surface area contributed by atoms with Crippen LogP contribution in [0.15, 0.2) is 0 Å². The predicted octanol–water partition coefficient (Wildman–Crippen LogP) is 5.46. The van der Waals surface area contributed by atoms with E-state index in [2.05, 4.69) is 20.8 Å². The zero-order chi connectivity index (χ0) is 14.9. The molecule has 120 valence electrons. The molecule has 0 spiro atoms. The van der Waals surface area contributed by atoms with Crippen LogP contribution in [0.1, 0.15) is 78.6 Å². The van der Waals surface area contributed by atoms with Crippen LogP contribution in [-0.2, 0) is 9.47 Å². The third-order valence-corrected chi connectivity index (χ3v) is 7.39. The molecule has 0 saturated heterocycles. The molecule has 0 atom stereocenters. The summed E-state index contributed by atoms with van der Waals surface area (Å²) in [6, 6.07) is 0. The Balaban J connectivity index is 3.56. The monoisotopic (exact) mass is 392 g/mol. The van der Waals surface area contributed by atoms with E-state index in [0.29, 0.717) is 0 Å². The second-order valence-corrected chi connectivity index (χ2v) is 9.76. The van der Waals surface area contributed by atoms with Crippen molar-refractivity contribution in [2.75, 3.05) is 13.2 Å². The molecule has 0 aliphatic heterocycles. The third-order valence-electron chi connectivity index (χ3n) is 3.35. The zero-order valence-electron chi connectivity index (χ0n) is 14.1. The number of rotatable bonds is 16. The van der Waals surface area contributed by atoms with Gasteiger partial charge in [-0.3, -0.25) is 0 Å². The first-order valence-electron chi connectivity index (χ1n) is 8.79. The molecular formula is C17H36O2Sn. The van der Waals surface area contributed by atoms with Crippen molar-refractivity contribution in [3.63, 3.8) is 0 Å². The molecule has 0 N–H and O–H groups in total. The van der Waals surface area contributed by atoms with Gasteiger partial charge in [-0.15, -0.1) is 0 Å². The molecule has 20 heavy (non-hydrogen) atoms. The van der Waals surface area contributed by atoms with E-state index in [4.69, 9.17) is 9.47 Å². The Kier molecular flexibility index (Phi) is 18.4. The average Bonchev–Trinajstić information content (AvgIpc) is 2.46. The van der Waals surface area contributed by atoms with Crippen molar-refractivity contribution in [2.24, 2.45) is 0 Å². The van der Waals surface area contributed by atoms with E-state index in [1.165, 1.54) is 43.0 Å². The fourth-order valence-corrected chi connectivity index (χ4v) is 5.39. The van der Waals surface area contributed by atoms with Crippen LogP contribution in [-0.4, -0.2) is 40.6 Å². The number of unbranched alkanes of at least 4 members (excludes halogenated alkanes) is 4. The molecule has 2 nitrogen and oxygen atoms in total. The summed E-state index contributed by atoms with van der Waals surface area (Å²) < 4.78 is 14.8. The van der Waals surface area contributed by atoms with Gasteiger partial charge in [-0.25, -0.2) is 0 Å². The van der Waals surface area contributed by atoms with Gasteiger partial charge in [0.25, 0.3) is 0 Å². The van der Waals surface area contributed by atoms with Crippen LogP contribution < -0.4 is 0 Å². The summed E-state index contributed by atoms with van der Waals surface area (Å²) in [4.78, 5) is 0. The molecule has 0 fully saturated rings. The van der Waals surface area contributed by atoms with E-state index >= 15 is 0 Å². The minimum absolute atomic E-state index is 0.0723. The van der Waals surface area contributed by atoms with Crippen LogP contribution in [0.4, 0.5) is 0 Å². The third kappa shape index (κ3) is 15.1. The molecule has 0 aromatic heterocycles. The fourth-order valence-electron chi connectivity index (χ4n) is 1.95. The SMILES string of the molecule is CCCC[CH2][Sn][CH2]CCC(OCCCC)OCCCC. The Morgan fingerprint density at radius 1 is 0.700 bits per heavy atom. The molecule has 0 aromatic rings. The quantitative estimate of drug-likeness (QED) is 0.198. The first-order chi connectivity index (χ1) is 9.85. The average molecular weight is 391 g/mol. The molecule has 0 unspecified atom stereocenters. The van der Waals surface area contributed by atoms with Crippen molar-refractivity contribution in [1.82, 2.24) is 0 Å². The first-order valence-corrected chi connectivity index (χ1v) is 12.8. The van der Waals surface area contributed by atoms with Crippen LogP contribution in [0.3, 0.4) is 0 Å². The predicted molar refractivity (Wildman–Crippen MR) is 89.6 cm³/mol. The van der Waals surface area contributed by atoms with Gasteiger partial charge in [0, 0.05) is 0 Å². The molecule has 0 aliphatic rings. The van der Waals surface area contributed by atoms with Gasteiger partial charge in [0.2, 0.25) is 0 Å². The van der Waals surface area contributed by atoms with Crippen LogP contribution in [0.5, 0.6) is 0 Å². The van der Waals surface area contributed by atoms with E-state index < -0.39 is 0 Å². The van der Waals surface area contributed by atoms with Crippen molar-refractivity contribution in [3.8, 4) is 0 Å². The summed E-state index contributed by atoms with van der Waals surface area (Å²) in [6.45, 7) is 8.43. The van der Waals surface area contributed by atoms with E-state index in [1.54, 1.807) is 4.44 Å². The first kappa shape index (κ1) is 20.7. The van der Waals surface area contributed by atoms with Crippen LogP contribution >= 0.6 is 0 Å². The number of hydrogen-bond donors (Lipinski definition) is 0. The minimum atomic E-state index is -0.0749. The number of ether oxygens (including phenoxy) is 2. The van der Waals surface area contributed by atoms with Gasteiger partial charge in [-0.05, 0) is 0 Å². The standard InChI is InChI=1S/C12H25O2.C5H11.Sn/c1-4-7-10-13-12(9-6-3)14-11-8-5-2;1-3-5-4-2;/h12H,3-11H2,1-2H3;1,3-5H2,2H3;. The maximum absolute atomic E-state index is 5.87. The molecule has 0 heterocycles. The van der Waals surface area contributed by atoms with Gasteiger partial charge in [0.15, 0.2) is 0 Å². The summed E-state index contributed by atoms with van der Waals surface area (Å²) in [5.74, 6) is 0. The van der Waals surface area contributed by atoms with Crippen molar-refractivity contribution in [3.05, 3.63) is 0 Å². The van der Waals surface area contributed by atoms with Crippen molar-refractivity contribution in [1.29, 1.82) is 0 Å². The van der Waals surface area contributed by atoms with Crippen molar-refractivity contribution < 1.29 is 9.47 Å². The number of hydrogen-bond acceptors (Lipinski definition) is 2. The van der Waals surface area contributed by atoms with Gasteiger partial charge in [-0.1, -0.05) is 0 Å². The topological polar surface area (TPSA) is 18.5 Å². The second-order valence-electron chi connectivity index (χ2n) is 5.48. The van der Waals surface area contributed by atoms with Gasteiger partial charge in [-0.2, -0.15) is 0 Å². The Bertz CT molecular complexity index is 166. The van der Waals surface area contributed by atoms with E-state index in [1.807, 2.05) is 0 Å². The van der Waals surface area contributed by atoms with Gasteiger partial charge < -0.3 is 0 Å². The summed E-state index contributed by atoms with van der Waals surface area (Å²) in [6.07, 6.45) is 11.5. The fraction of sp³-hybridized carbons (Fsp3) is 1.00. The maximum atomic E-state index is 5.87. The van der Waals surface area contributed by atoms with Crippen molar-refractivity contribution >= 4 is 21.1 Å². The van der Waals surface area contributed by atoms with Crippen LogP contribution in [0.2, 0.25) is 8.87 Å². The van der Waals surface area contributed by atoms with Crippen LogP contribution in [0, 0.1) is 0 Å². The molecule has 0 bridgehead atoms. The Labute approximate surface area is 137 Å². The molecule has 0 saturated carbocycles. The molecular weight excluding hydrogens is 355 g/mol. The zero-order valence-corrected chi connectivity index (χ0v) is 16.9. The van der Waals surface area contributed by atoms with Gasteiger partial charge >= 0.3 is 138 Å². The van der Waals surface area contributed by atoms with E-state index in [0.717, 1.165) is 32.5 Å². The summed E-state index contributed by atoms with van der Waals surface area (Å²) in [5, 5.41) is 0. The molecule has 3 heteroatoms. The Morgan fingerprint density at radius 2 is 1.25 bits per heavy atom. The molecule has 0 amide bonds. The summed E-state index contributed by atoms with van der Waals surface area (Å²) in [5.41, 5.74) is 0. The molecule has 0 aromatic carbocycles. The van der Waals surface area contributed by atoms with Gasteiger partial charge in [0.1, 0.15) is 0 Å². The van der Waals surface area contributed by atoms with Gasteiger partial charge in [0.05, 0.1) is 0 Å².